The number of benzene rings is 1. The highest BCUT2D eigenvalue weighted by atomic mass is 14.9. The van der Waals surface area contributed by atoms with E-state index >= 15 is 0 Å². The first-order valence-electron chi connectivity index (χ1n) is 9.55. The standard InChI is InChI=1S/C25H31N3/c1-17-8-7-9-24(14-17)28-21(5)20(4)18(2)10-11-19(3)22-12-13-23(16-26)25(15-22)27-6/h7-11,14-16,26-28H,4-5,12-13H2,1-3,6H3/b18-10-,19-11+,26-16?. The van der Waals surface area contributed by atoms with E-state index < -0.39 is 0 Å². The van der Waals surface area contributed by atoms with Gasteiger partial charge in [0.2, 0.25) is 0 Å². The second-order valence-electron chi connectivity index (χ2n) is 7.15. The van der Waals surface area contributed by atoms with Crippen LogP contribution in [0.25, 0.3) is 0 Å². The summed E-state index contributed by atoms with van der Waals surface area (Å²) in [5.74, 6) is 0. The number of anilines is 1. The molecule has 0 aromatic heterocycles. The van der Waals surface area contributed by atoms with E-state index in [0.29, 0.717) is 0 Å². The van der Waals surface area contributed by atoms with E-state index in [1.54, 1.807) is 0 Å². The number of hydrogen-bond donors (Lipinski definition) is 3. The monoisotopic (exact) mass is 373 g/mol. The molecular weight excluding hydrogens is 342 g/mol. The Bertz CT molecular complexity index is 907. The van der Waals surface area contributed by atoms with Crippen LogP contribution < -0.4 is 10.6 Å². The second-order valence-corrected chi connectivity index (χ2v) is 7.15. The average molecular weight is 374 g/mol. The molecule has 3 N–H and O–H groups in total. The topological polar surface area (TPSA) is 47.9 Å². The second kappa shape index (κ2) is 9.75. The Balaban J connectivity index is 2.10. The number of allylic oxidation sites excluding steroid dienone is 7. The molecule has 0 fully saturated rings. The minimum Gasteiger partial charge on any atom is -0.388 e. The van der Waals surface area contributed by atoms with Gasteiger partial charge in [0.1, 0.15) is 0 Å². The highest BCUT2D eigenvalue weighted by Gasteiger charge is 2.12. The van der Waals surface area contributed by atoms with Crippen LogP contribution in [0.4, 0.5) is 5.69 Å². The van der Waals surface area contributed by atoms with Crippen molar-refractivity contribution in [2.75, 3.05) is 12.4 Å². The SMILES string of the molecule is C=C(Nc1cccc(C)c1)C(=C)/C(C)=C\C=C(/C)C1=CC(NC)=C(C=N)CC1. The molecule has 0 saturated heterocycles. The van der Waals surface area contributed by atoms with Gasteiger partial charge in [-0.15, -0.1) is 0 Å². The summed E-state index contributed by atoms with van der Waals surface area (Å²) in [7, 11) is 1.90. The molecule has 0 bridgehead atoms. The number of rotatable bonds is 8. The molecule has 1 aliphatic carbocycles. The van der Waals surface area contributed by atoms with Gasteiger partial charge in [-0.25, -0.2) is 0 Å². The number of aryl methyl sites for hydroxylation is 1. The van der Waals surface area contributed by atoms with Crippen molar-refractivity contribution in [3.8, 4) is 0 Å². The fourth-order valence-electron chi connectivity index (χ4n) is 3.10. The van der Waals surface area contributed by atoms with Gasteiger partial charge in [-0.3, -0.25) is 0 Å². The molecule has 0 heterocycles. The van der Waals surface area contributed by atoms with Crippen LogP contribution in [-0.4, -0.2) is 13.3 Å². The minimum absolute atomic E-state index is 0.804. The van der Waals surface area contributed by atoms with Crippen molar-refractivity contribution in [1.29, 1.82) is 5.41 Å². The highest BCUT2D eigenvalue weighted by Crippen LogP contribution is 2.27. The normalized spacial score (nSPS) is 15.1. The lowest BCUT2D eigenvalue weighted by Crippen LogP contribution is -2.12. The van der Waals surface area contributed by atoms with Gasteiger partial charge < -0.3 is 16.0 Å². The van der Waals surface area contributed by atoms with Crippen LogP contribution in [-0.2, 0) is 0 Å². The molecule has 0 amide bonds. The Hall–Kier alpha value is -3.07. The summed E-state index contributed by atoms with van der Waals surface area (Å²) in [5, 5.41) is 14.0. The third-order valence-corrected chi connectivity index (χ3v) is 5.02. The van der Waals surface area contributed by atoms with Crippen molar-refractivity contribution in [2.24, 2.45) is 0 Å². The number of hydrogen-bond acceptors (Lipinski definition) is 3. The molecule has 1 aliphatic rings. The quantitative estimate of drug-likeness (QED) is 0.374. The molecule has 28 heavy (non-hydrogen) atoms. The zero-order valence-corrected chi connectivity index (χ0v) is 17.4. The molecule has 0 saturated carbocycles. The molecule has 0 atom stereocenters. The maximum absolute atomic E-state index is 7.52. The van der Waals surface area contributed by atoms with Gasteiger partial charge in [-0.2, -0.15) is 0 Å². The predicted octanol–water partition coefficient (Wildman–Crippen LogP) is 6.21. The van der Waals surface area contributed by atoms with Crippen molar-refractivity contribution >= 4 is 11.9 Å². The van der Waals surface area contributed by atoms with E-state index in [4.69, 9.17) is 5.41 Å². The van der Waals surface area contributed by atoms with Crippen molar-refractivity contribution in [2.45, 2.75) is 33.6 Å². The van der Waals surface area contributed by atoms with E-state index in [-0.39, 0.29) is 0 Å². The van der Waals surface area contributed by atoms with Crippen LogP contribution in [0.1, 0.15) is 32.3 Å². The summed E-state index contributed by atoms with van der Waals surface area (Å²) in [6.45, 7) is 14.6. The Labute approximate surface area is 169 Å². The average Bonchev–Trinajstić information content (AvgIpc) is 2.70. The first-order valence-corrected chi connectivity index (χ1v) is 9.55. The van der Waals surface area contributed by atoms with E-state index in [0.717, 1.165) is 46.6 Å². The summed E-state index contributed by atoms with van der Waals surface area (Å²) >= 11 is 0. The summed E-state index contributed by atoms with van der Waals surface area (Å²) in [5.41, 5.74) is 9.60. The molecule has 3 nitrogen and oxygen atoms in total. The lowest BCUT2D eigenvalue weighted by Gasteiger charge is -2.18. The first-order chi connectivity index (χ1) is 13.3. The lowest BCUT2D eigenvalue weighted by atomic mass is 9.91. The molecule has 0 radical (unpaired) electrons. The van der Waals surface area contributed by atoms with Gasteiger partial charge in [0, 0.05) is 30.3 Å². The zero-order chi connectivity index (χ0) is 20.7. The molecule has 0 spiro atoms. The Morgan fingerprint density at radius 1 is 1.14 bits per heavy atom. The Kier molecular flexibility index (Phi) is 7.39. The van der Waals surface area contributed by atoms with Crippen molar-refractivity contribution in [3.63, 3.8) is 0 Å². The number of nitrogens with one attached hydrogen (secondary N) is 3. The van der Waals surface area contributed by atoms with Gasteiger partial charge in [0.15, 0.2) is 0 Å². The molecule has 3 heteroatoms. The van der Waals surface area contributed by atoms with Crippen LogP contribution in [0, 0.1) is 12.3 Å². The van der Waals surface area contributed by atoms with Gasteiger partial charge in [0.05, 0.1) is 0 Å². The Morgan fingerprint density at radius 2 is 1.89 bits per heavy atom. The van der Waals surface area contributed by atoms with Crippen LogP contribution in [0.2, 0.25) is 0 Å². The molecule has 1 aromatic rings. The van der Waals surface area contributed by atoms with Crippen LogP contribution >= 0.6 is 0 Å². The fraction of sp³-hybridized carbons (Fsp3) is 0.240. The van der Waals surface area contributed by atoms with Gasteiger partial charge in [-0.05, 0) is 85.3 Å². The van der Waals surface area contributed by atoms with E-state index in [1.165, 1.54) is 22.9 Å². The molecule has 146 valence electrons. The smallest absolute Gasteiger partial charge is 0.0388 e. The van der Waals surface area contributed by atoms with Crippen molar-refractivity contribution in [1.82, 2.24) is 5.32 Å². The molecule has 2 rings (SSSR count). The van der Waals surface area contributed by atoms with Gasteiger partial charge in [0.25, 0.3) is 0 Å². The highest BCUT2D eigenvalue weighted by molar-refractivity contribution is 5.78. The molecular formula is C25H31N3. The van der Waals surface area contributed by atoms with E-state index in [9.17, 15) is 0 Å². The molecule has 0 aliphatic heterocycles. The first kappa shape index (κ1) is 21.2. The van der Waals surface area contributed by atoms with E-state index in [2.05, 4.69) is 74.9 Å². The Morgan fingerprint density at radius 3 is 2.54 bits per heavy atom. The predicted molar refractivity (Wildman–Crippen MR) is 123 cm³/mol. The van der Waals surface area contributed by atoms with Crippen molar-refractivity contribution < 1.29 is 0 Å². The lowest BCUT2D eigenvalue weighted by molar-refractivity contribution is 0.882. The fourth-order valence-corrected chi connectivity index (χ4v) is 3.10. The third-order valence-electron chi connectivity index (χ3n) is 5.02. The largest absolute Gasteiger partial charge is 0.388 e. The molecule has 0 unspecified atom stereocenters. The van der Waals surface area contributed by atoms with Crippen molar-refractivity contribution in [3.05, 3.63) is 100 Å². The van der Waals surface area contributed by atoms with Gasteiger partial charge in [-0.1, -0.05) is 37.4 Å². The summed E-state index contributed by atoms with van der Waals surface area (Å²) < 4.78 is 0. The zero-order valence-electron chi connectivity index (χ0n) is 17.4. The third kappa shape index (κ3) is 5.46. The maximum atomic E-state index is 7.52. The van der Waals surface area contributed by atoms with Crippen LogP contribution in [0.3, 0.4) is 0 Å². The van der Waals surface area contributed by atoms with Gasteiger partial charge >= 0.3 is 0 Å². The maximum Gasteiger partial charge on any atom is 0.0388 e. The summed E-state index contributed by atoms with van der Waals surface area (Å²) in [4.78, 5) is 0. The van der Waals surface area contributed by atoms with E-state index in [1.807, 2.05) is 19.2 Å². The minimum atomic E-state index is 0.804. The molecule has 1 aromatic carbocycles. The summed E-state index contributed by atoms with van der Waals surface area (Å²) in [6.07, 6.45) is 9.66. The number of likely N-dealkylation sites (N-methyl/N-ethyl adjacent to an activating group) is 1. The van der Waals surface area contributed by atoms with Crippen LogP contribution in [0.15, 0.2) is 94.9 Å². The summed E-state index contributed by atoms with van der Waals surface area (Å²) in [6, 6.07) is 8.21. The van der Waals surface area contributed by atoms with Crippen LogP contribution in [0.5, 0.6) is 0 Å².